The Morgan fingerprint density at radius 1 is 0.912 bits per heavy atom. The van der Waals surface area contributed by atoms with Crippen LogP contribution >= 0.6 is 0 Å². The average Bonchev–Trinajstić information content (AvgIpc) is 2.90. The number of piperidine rings is 1. The zero-order valence-corrected chi connectivity index (χ0v) is 21.9. The van der Waals surface area contributed by atoms with E-state index in [1.54, 1.807) is 4.31 Å². The summed E-state index contributed by atoms with van der Waals surface area (Å²) >= 11 is 0. The molecular formula is C27H45N3O3S. The number of carbonyl (C=O) groups is 1. The maximum Gasteiger partial charge on any atom is 0.211 e. The molecule has 0 bridgehead atoms. The summed E-state index contributed by atoms with van der Waals surface area (Å²) in [7, 11) is -3.13. The molecule has 192 valence electrons. The first-order chi connectivity index (χ1) is 16.2. The number of allylic oxidation sites excluding steroid dienone is 1. The number of rotatable bonds is 7. The summed E-state index contributed by atoms with van der Waals surface area (Å²) in [5, 5.41) is 12.2. The van der Waals surface area contributed by atoms with Gasteiger partial charge >= 0.3 is 0 Å². The first-order valence-corrected chi connectivity index (χ1v) is 15.6. The fourth-order valence-electron chi connectivity index (χ4n) is 7.12. The van der Waals surface area contributed by atoms with E-state index >= 15 is 0 Å². The van der Waals surface area contributed by atoms with Crippen molar-refractivity contribution < 1.29 is 13.2 Å². The average molecular weight is 492 g/mol. The van der Waals surface area contributed by atoms with E-state index in [2.05, 4.69) is 5.32 Å². The van der Waals surface area contributed by atoms with Gasteiger partial charge < -0.3 is 5.32 Å². The minimum atomic E-state index is -3.13. The monoisotopic (exact) mass is 491 g/mol. The van der Waals surface area contributed by atoms with E-state index in [1.807, 2.05) is 6.08 Å². The van der Waals surface area contributed by atoms with Crippen LogP contribution in [0.4, 0.5) is 0 Å². The first-order valence-electron chi connectivity index (χ1n) is 13.8. The molecule has 3 fully saturated rings. The zero-order valence-electron chi connectivity index (χ0n) is 21.1. The van der Waals surface area contributed by atoms with Crippen molar-refractivity contribution >= 4 is 21.6 Å². The molecule has 0 aromatic heterocycles. The standard InChI is InChI=1S/C27H45N3O3S/c1-34(32,33)30-14-12-21(13-15-30)16-24-17-25(31)27(29-26(28)18-24,19-22-8-4-2-5-9-22)20-23-10-6-3-7-11-23/h18,21-23H,2-17,19-20H2,1H3,(H2,28,29). The normalized spacial score (nSPS) is 26.7. The van der Waals surface area contributed by atoms with Crippen molar-refractivity contribution in [2.24, 2.45) is 17.8 Å². The van der Waals surface area contributed by atoms with Crippen molar-refractivity contribution in [3.05, 3.63) is 11.6 Å². The Morgan fingerprint density at radius 2 is 1.44 bits per heavy atom. The minimum Gasteiger partial charge on any atom is -0.358 e. The second-order valence-electron chi connectivity index (χ2n) is 11.7. The number of nitrogens with zero attached hydrogens (tertiary/aromatic N) is 1. The highest BCUT2D eigenvalue weighted by Gasteiger charge is 2.44. The van der Waals surface area contributed by atoms with Gasteiger partial charge in [-0.25, -0.2) is 12.7 Å². The van der Waals surface area contributed by atoms with Crippen molar-refractivity contribution in [1.82, 2.24) is 9.62 Å². The molecular weight excluding hydrogens is 446 g/mol. The highest BCUT2D eigenvalue weighted by molar-refractivity contribution is 7.88. The number of amidine groups is 1. The topological polar surface area (TPSA) is 90.3 Å². The third-order valence-electron chi connectivity index (χ3n) is 8.96. The van der Waals surface area contributed by atoms with E-state index < -0.39 is 15.6 Å². The van der Waals surface area contributed by atoms with Crippen LogP contribution in [0.25, 0.3) is 0 Å². The largest absolute Gasteiger partial charge is 0.358 e. The Balaban J connectivity index is 1.45. The molecule has 0 spiro atoms. The summed E-state index contributed by atoms with van der Waals surface area (Å²) < 4.78 is 25.3. The Bertz CT molecular complexity index is 842. The number of nitrogens with one attached hydrogen (secondary N) is 2. The Morgan fingerprint density at radius 3 is 1.94 bits per heavy atom. The van der Waals surface area contributed by atoms with Crippen LogP contribution in [0.1, 0.15) is 103 Å². The molecule has 0 amide bonds. The van der Waals surface area contributed by atoms with Gasteiger partial charge in [-0.2, -0.15) is 0 Å². The molecule has 4 rings (SSSR count). The lowest BCUT2D eigenvalue weighted by molar-refractivity contribution is -0.126. The van der Waals surface area contributed by atoms with E-state index in [-0.39, 0.29) is 0 Å². The number of hydrogen-bond donors (Lipinski definition) is 2. The van der Waals surface area contributed by atoms with Crippen molar-refractivity contribution in [2.75, 3.05) is 19.3 Å². The molecule has 2 aliphatic carbocycles. The smallest absolute Gasteiger partial charge is 0.211 e. The molecule has 0 aromatic rings. The molecule has 6 nitrogen and oxygen atoms in total. The van der Waals surface area contributed by atoms with Crippen molar-refractivity contribution in [2.45, 2.75) is 108 Å². The molecule has 2 aliphatic heterocycles. The summed E-state index contributed by atoms with van der Waals surface area (Å²) in [5.41, 5.74) is 0.480. The molecule has 7 heteroatoms. The molecule has 2 N–H and O–H groups in total. The Hall–Kier alpha value is -1.21. The number of hydrogen-bond acceptors (Lipinski definition) is 4. The van der Waals surface area contributed by atoms with Crippen molar-refractivity contribution in [1.29, 1.82) is 5.41 Å². The van der Waals surface area contributed by atoms with Gasteiger partial charge in [-0.15, -0.1) is 0 Å². The number of ketones is 1. The summed E-state index contributed by atoms with van der Waals surface area (Å²) in [6.07, 6.45) is 20.4. The van der Waals surface area contributed by atoms with E-state index in [1.165, 1.54) is 70.5 Å². The molecule has 0 radical (unpaired) electrons. The lowest BCUT2D eigenvalue weighted by atomic mass is 9.70. The highest BCUT2D eigenvalue weighted by atomic mass is 32.2. The van der Waals surface area contributed by atoms with Crippen LogP contribution in [0.2, 0.25) is 0 Å². The molecule has 34 heavy (non-hydrogen) atoms. The van der Waals surface area contributed by atoms with Crippen LogP contribution in [-0.4, -0.2) is 49.2 Å². The first kappa shape index (κ1) is 25.9. The van der Waals surface area contributed by atoms with Gasteiger partial charge in [0.25, 0.3) is 0 Å². The van der Waals surface area contributed by atoms with Gasteiger partial charge in [0.2, 0.25) is 10.0 Å². The third-order valence-corrected chi connectivity index (χ3v) is 10.3. The van der Waals surface area contributed by atoms with Gasteiger partial charge in [-0.3, -0.25) is 10.2 Å². The summed E-state index contributed by atoms with van der Waals surface area (Å²) in [6, 6.07) is 0. The Labute approximate surface area is 206 Å². The number of Topliss-reactive ketones (excluding diaryl/α,β-unsaturated/α-hetero) is 1. The second-order valence-corrected chi connectivity index (χ2v) is 13.7. The van der Waals surface area contributed by atoms with Gasteiger partial charge in [-0.05, 0) is 55.9 Å². The molecule has 4 aliphatic rings. The van der Waals surface area contributed by atoms with Gasteiger partial charge in [0.05, 0.1) is 11.8 Å². The molecule has 0 atom stereocenters. The Kier molecular flexibility index (Phi) is 8.55. The van der Waals surface area contributed by atoms with Crippen LogP contribution in [0, 0.1) is 23.2 Å². The second kappa shape index (κ2) is 11.2. The minimum absolute atomic E-state index is 0.297. The molecule has 2 saturated carbocycles. The van der Waals surface area contributed by atoms with Crippen molar-refractivity contribution in [3.63, 3.8) is 0 Å². The summed E-state index contributed by atoms with van der Waals surface area (Å²) in [4.78, 5) is 14.0. The van der Waals surface area contributed by atoms with Crippen LogP contribution in [-0.2, 0) is 14.8 Å². The van der Waals surface area contributed by atoms with Crippen LogP contribution < -0.4 is 5.32 Å². The summed E-state index contributed by atoms with van der Waals surface area (Å²) in [6.45, 7) is 1.13. The molecule has 0 unspecified atom stereocenters. The van der Waals surface area contributed by atoms with Crippen LogP contribution in [0.15, 0.2) is 11.6 Å². The number of sulfonamides is 1. The lowest BCUT2D eigenvalue weighted by Crippen LogP contribution is -2.55. The van der Waals surface area contributed by atoms with Gasteiger partial charge in [0.1, 0.15) is 5.84 Å². The van der Waals surface area contributed by atoms with E-state index in [0.717, 1.165) is 37.7 Å². The van der Waals surface area contributed by atoms with E-state index in [0.29, 0.717) is 48.9 Å². The highest BCUT2D eigenvalue weighted by Crippen LogP contribution is 2.40. The van der Waals surface area contributed by atoms with Gasteiger partial charge in [-0.1, -0.05) is 69.8 Å². The zero-order chi connectivity index (χ0) is 24.2. The molecule has 0 aromatic carbocycles. The predicted octanol–water partition coefficient (Wildman–Crippen LogP) is 5.19. The number of carbonyl (C=O) groups excluding carboxylic acids is 1. The predicted molar refractivity (Wildman–Crippen MR) is 137 cm³/mol. The van der Waals surface area contributed by atoms with Crippen LogP contribution in [0.3, 0.4) is 0 Å². The van der Waals surface area contributed by atoms with Crippen molar-refractivity contribution in [3.8, 4) is 0 Å². The fourth-order valence-corrected chi connectivity index (χ4v) is 8.00. The SMILES string of the molecule is CS(=O)(=O)N1CCC(CC2=CC(=N)NC(CC3CCCCC3)(CC3CCCCC3)C(=O)C2)CC1. The quantitative estimate of drug-likeness (QED) is 0.512. The maximum atomic E-state index is 14.0. The van der Waals surface area contributed by atoms with E-state index in [4.69, 9.17) is 5.41 Å². The lowest BCUT2D eigenvalue weighted by Gasteiger charge is -2.40. The van der Waals surface area contributed by atoms with E-state index in [9.17, 15) is 13.2 Å². The van der Waals surface area contributed by atoms with Crippen LogP contribution in [0.5, 0.6) is 0 Å². The fraction of sp³-hybridized carbons (Fsp3) is 0.852. The molecule has 1 saturated heterocycles. The molecule has 2 heterocycles. The third kappa shape index (κ3) is 6.71. The van der Waals surface area contributed by atoms with Gasteiger partial charge in [0.15, 0.2) is 5.78 Å². The van der Waals surface area contributed by atoms with Gasteiger partial charge in [0, 0.05) is 19.5 Å². The maximum absolute atomic E-state index is 14.0. The summed E-state index contributed by atoms with van der Waals surface area (Å²) in [5.74, 6) is 2.26.